The summed E-state index contributed by atoms with van der Waals surface area (Å²) >= 11 is 6.23. The van der Waals surface area contributed by atoms with E-state index in [1.165, 1.54) is 20.2 Å². The van der Waals surface area contributed by atoms with Gasteiger partial charge in [-0.2, -0.15) is 0 Å². The van der Waals surface area contributed by atoms with E-state index in [-0.39, 0.29) is 0 Å². The van der Waals surface area contributed by atoms with Gasteiger partial charge in [-0.3, -0.25) is 10.1 Å². The number of benzene rings is 1. The van der Waals surface area contributed by atoms with Crippen LogP contribution in [0.3, 0.4) is 0 Å². The van der Waals surface area contributed by atoms with Gasteiger partial charge in [0.2, 0.25) is 0 Å². The van der Waals surface area contributed by atoms with Crippen LogP contribution in [0, 0.1) is 5.92 Å². The van der Waals surface area contributed by atoms with Crippen LogP contribution in [0.15, 0.2) is 18.2 Å². The molecular formula is C18H23ClN2O6. The first-order valence-corrected chi connectivity index (χ1v) is 8.51. The summed E-state index contributed by atoms with van der Waals surface area (Å²) in [7, 11) is 2.84. The fraction of sp³-hybridized carbons (Fsp3) is 0.389. The van der Waals surface area contributed by atoms with E-state index in [2.05, 4.69) is 5.32 Å². The van der Waals surface area contributed by atoms with E-state index >= 15 is 0 Å². The van der Waals surface area contributed by atoms with E-state index < -0.39 is 24.5 Å². The lowest BCUT2D eigenvalue weighted by Crippen LogP contribution is -2.39. The number of esters is 1. The number of nitrogens with one attached hydrogen (secondary N) is 2. The van der Waals surface area contributed by atoms with Crippen molar-refractivity contribution in [3.63, 3.8) is 0 Å². The fourth-order valence-corrected chi connectivity index (χ4v) is 2.07. The van der Waals surface area contributed by atoms with Crippen LogP contribution in [0.2, 0.25) is 5.02 Å². The Balaban J connectivity index is 2.71. The predicted molar refractivity (Wildman–Crippen MR) is 101 cm³/mol. The van der Waals surface area contributed by atoms with Gasteiger partial charge in [0.05, 0.1) is 18.7 Å². The van der Waals surface area contributed by atoms with Crippen molar-refractivity contribution >= 4 is 35.6 Å². The number of hydrogen-bond donors (Lipinski definition) is 2. The van der Waals surface area contributed by atoms with Crippen molar-refractivity contribution in [2.75, 3.05) is 27.4 Å². The number of carbonyl (C=O) groups is 3. The van der Waals surface area contributed by atoms with E-state index in [9.17, 15) is 14.4 Å². The zero-order valence-corrected chi connectivity index (χ0v) is 16.4. The molecule has 0 spiro atoms. The van der Waals surface area contributed by atoms with Crippen molar-refractivity contribution in [2.45, 2.75) is 13.8 Å². The minimum atomic E-state index is -0.753. The summed E-state index contributed by atoms with van der Waals surface area (Å²) < 4.78 is 15.7. The van der Waals surface area contributed by atoms with Crippen LogP contribution in [0.4, 0.5) is 4.79 Å². The lowest BCUT2D eigenvalue weighted by molar-refractivity contribution is -0.143. The normalized spacial score (nSPS) is 10.6. The molecule has 1 aromatic carbocycles. The van der Waals surface area contributed by atoms with Gasteiger partial charge in [-0.25, -0.2) is 9.59 Å². The molecule has 8 nitrogen and oxygen atoms in total. The number of ether oxygens (including phenoxy) is 3. The zero-order chi connectivity index (χ0) is 20.4. The highest BCUT2D eigenvalue weighted by Crippen LogP contribution is 2.37. The Kier molecular flexibility index (Phi) is 9.15. The first-order chi connectivity index (χ1) is 12.8. The van der Waals surface area contributed by atoms with Crippen LogP contribution in [0.1, 0.15) is 19.4 Å². The molecule has 148 valence electrons. The Hall–Kier alpha value is -2.74. The third-order valence-corrected chi connectivity index (χ3v) is 3.33. The summed E-state index contributed by atoms with van der Waals surface area (Å²) in [6.07, 6.45) is 2.59. The van der Waals surface area contributed by atoms with Gasteiger partial charge in [0.1, 0.15) is 0 Å². The summed E-state index contributed by atoms with van der Waals surface area (Å²) in [5.41, 5.74) is 0.584. The van der Waals surface area contributed by atoms with Gasteiger partial charge in [0.15, 0.2) is 18.1 Å². The summed E-state index contributed by atoms with van der Waals surface area (Å²) in [6.45, 7) is 3.93. The maximum Gasteiger partial charge on any atom is 0.331 e. The number of imide groups is 1. The van der Waals surface area contributed by atoms with Crippen LogP contribution in [0.25, 0.3) is 6.08 Å². The molecule has 0 saturated heterocycles. The second-order valence-electron chi connectivity index (χ2n) is 5.81. The number of rotatable bonds is 8. The highest BCUT2D eigenvalue weighted by molar-refractivity contribution is 6.32. The molecule has 0 radical (unpaired) electrons. The predicted octanol–water partition coefficient (Wildman–Crippen LogP) is 2.40. The summed E-state index contributed by atoms with van der Waals surface area (Å²) in [6, 6.07) is 2.58. The Labute approximate surface area is 162 Å². The number of methoxy groups -OCH3 is 1. The third-order valence-electron chi connectivity index (χ3n) is 3.05. The van der Waals surface area contributed by atoms with Gasteiger partial charge in [0, 0.05) is 13.1 Å². The molecule has 0 aromatic heterocycles. The highest BCUT2D eigenvalue weighted by Gasteiger charge is 2.12. The number of halogens is 1. The highest BCUT2D eigenvalue weighted by atomic mass is 35.5. The van der Waals surface area contributed by atoms with Crippen LogP contribution in [0.5, 0.6) is 11.5 Å². The SMILES string of the molecule is CNC(=O)NC(=O)COC(=O)/C=C/c1cc(Cl)c(OCC(C)C)c(OC)c1. The molecule has 0 aliphatic heterocycles. The summed E-state index contributed by atoms with van der Waals surface area (Å²) in [4.78, 5) is 34.0. The molecule has 0 fully saturated rings. The minimum absolute atomic E-state index is 0.320. The van der Waals surface area contributed by atoms with Crippen LogP contribution >= 0.6 is 11.6 Å². The molecule has 0 unspecified atom stereocenters. The molecule has 1 rings (SSSR count). The van der Waals surface area contributed by atoms with Gasteiger partial charge in [-0.05, 0) is 29.7 Å². The van der Waals surface area contributed by atoms with Crippen molar-refractivity contribution in [1.82, 2.24) is 10.6 Å². The molecule has 0 bridgehead atoms. The first-order valence-electron chi connectivity index (χ1n) is 8.13. The van der Waals surface area contributed by atoms with E-state index in [1.807, 2.05) is 19.2 Å². The van der Waals surface area contributed by atoms with Crippen molar-refractivity contribution in [3.8, 4) is 11.5 Å². The summed E-state index contributed by atoms with van der Waals surface area (Å²) in [5, 5.41) is 4.52. The van der Waals surface area contributed by atoms with E-state index in [1.54, 1.807) is 12.1 Å². The average Bonchev–Trinajstić information content (AvgIpc) is 2.62. The molecule has 0 heterocycles. The molecule has 0 aliphatic carbocycles. The van der Waals surface area contributed by atoms with Crippen LogP contribution < -0.4 is 20.1 Å². The van der Waals surface area contributed by atoms with Gasteiger partial charge >= 0.3 is 12.0 Å². The van der Waals surface area contributed by atoms with Crippen LogP contribution in [-0.4, -0.2) is 45.3 Å². The number of urea groups is 1. The van der Waals surface area contributed by atoms with E-state index in [0.29, 0.717) is 34.6 Å². The molecule has 1 aromatic rings. The maximum absolute atomic E-state index is 11.7. The van der Waals surface area contributed by atoms with Gasteiger partial charge in [-0.1, -0.05) is 25.4 Å². The number of amides is 3. The summed E-state index contributed by atoms with van der Waals surface area (Å²) in [5.74, 6) is -0.315. The third kappa shape index (κ3) is 8.00. The molecule has 2 N–H and O–H groups in total. The Morgan fingerprint density at radius 3 is 2.56 bits per heavy atom. The molecule has 0 atom stereocenters. The lowest BCUT2D eigenvalue weighted by atomic mass is 10.2. The molecule has 3 amide bonds. The Morgan fingerprint density at radius 1 is 1.26 bits per heavy atom. The smallest absolute Gasteiger partial charge is 0.331 e. The first kappa shape index (κ1) is 22.3. The maximum atomic E-state index is 11.7. The Bertz CT molecular complexity index is 718. The van der Waals surface area contributed by atoms with Gasteiger partial charge in [-0.15, -0.1) is 0 Å². The molecule has 27 heavy (non-hydrogen) atoms. The van der Waals surface area contributed by atoms with Crippen LogP contribution in [-0.2, 0) is 14.3 Å². The second-order valence-corrected chi connectivity index (χ2v) is 6.21. The van der Waals surface area contributed by atoms with E-state index in [0.717, 1.165) is 6.08 Å². The fourth-order valence-electron chi connectivity index (χ4n) is 1.80. The average molecular weight is 399 g/mol. The number of carbonyl (C=O) groups excluding carboxylic acids is 3. The number of hydrogen-bond acceptors (Lipinski definition) is 6. The Morgan fingerprint density at radius 2 is 1.96 bits per heavy atom. The largest absolute Gasteiger partial charge is 0.493 e. The molecule has 0 saturated carbocycles. The van der Waals surface area contributed by atoms with Gasteiger partial charge in [0.25, 0.3) is 5.91 Å². The topological polar surface area (TPSA) is 103 Å². The molecular weight excluding hydrogens is 376 g/mol. The molecule has 9 heteroatoms. The van der Waals surface area contributed by atoms with Crippen molar-refractivity contribution in [3.05, 3.63) is 28.8 Å². The zero-order valence-electron chi connectivity index (χ0n) is 15.6. The lowest BCUT2D eigenvalue weighted by Gasteiger charge is -2.14. The van der Waals surface area contributed by atoms with Crippen molar-refractivity contribution in [1.29, 1.82) is 0 Å². The minimum Gasteiger partial charge on any atom is -0.493 e. The molecule has 0 aliphatic rings. The van der Waals surface area contributed by atoms with Crippen molar-refractivity contribution < 1.29 is 28.6 Å². The standard InChI is InChI=1S/C18H23ClN2O6/c1-11(2)9-27-17-13(19)7-12(8-14(17)25-4)5-6-16(23)26-10-15(22)21-18(24)20-3/h5-8,11H,9-10H2,1-4H3,(H2,20,21,22,24)/b6-5+. The van der Waals surface area contributed by atoms with Gasteiger partial charge < -0.3 is 19.5 Å². The van der Waals surface area contributed by atoms with E-state index in [4.69, 9.17) is 25.8 Å². The second kappa shape index (κ2) is 11.1. The van der Waals surface area contributed by atoms with Crippen molar-refractivity contribution in [2.24, 2.45) is 5.92 Å². The quantitative estimate of drug-likeness (QED) is 0.515. The monoisotopic (exact) mass is 398 g/mol.